The van der Waals surface area contributed by atoms with Crippen LogP contribution in [0.2, 0.25) is 0 Å². The van der Waals surface area contributed by atoms with Crippen LogP contribution in [0.4, 0.5) is 13.2 Å². The van der Waals surface area contributed by atoms with E-state index >= 15 is 0 Å². The molecule has 3 aromatic rings. The van der Waals surface area contributed by atoms with E-state index in [9.17, 15) is 13.2 Å². The summed E-state index contributed by atoms with van der Waals surface area (Å²) in [4.78, 5) is 0. The normalized spacial score (nSPS) is 22.7. The van der Waals surface area contributed by atoms with E-state index in [0.29, 0.717) is 11.1 Å². The van der Waals surface area contributed by atoms with Gasteiger partial charge in [-0.05, 0) is 29.3 Å². The summed E-state index contributed by atoms with van der Waals surface area (Å²) in [7, 11) is 1.31. The van der Waals surface area contributed by atoms with E-state index in [1.165, 1.54) is 25.3 Å². The molecule has 30 heavy (non-hydrogen) atoms. The lowest BCUT2D eigenvalue weighted by molar-refractivity contribution is -0.355. The van der Waals surface area contributed by atoms with Crippen molar-refractivity contribution in [2.75, 3.05) is 7.11 Å². The summed E-state index contributed by atoms with van der Waals surface area (Å²) in [6.07, 6.45) is -4.33. The summed E-state index contributed by atoms with van der Waals surface area (Å²) in [6.45, 7) is 0. The van der Waals surface area contributed by atoms with Crippen LogP contribution >= 0.6 is 0 Å². The number of halogens is 3. The van der Waals surface area contributed by atoms with E-state index in [-0.39, 0.29) is 17.1 Å². The smallest absolute Gasteiger partial charge is 0.460 e. The molecular weight excluding hydrogens is 393 g/mol. The molecule has 1 aliphatic rings. The number of hydrogen-bond acceptors (Lipinski definition) is 3. The number of para-hydroxylation sites is 1. The number of ether oxygens (including phenoxy) is 3. The quantitative estimate of drug-likeness (QED) is 0.508. The van der Waals surface area contributed by atoms with Crippen molar-refractivity contribution in [1.82, 2.24) is 0 Å². The second-order valence-electron chi connectivity index (χ2n) is 6.78. The highest BCUT2D eigenvalue weighted by Crippen LogP contribution is 2.56. The number of benzene rings is 3. The van der Waals surface area contributed by atoms with Crippen molar-refractivity contribution >= 4 is 6.08 Å². The number of methoxy groups -OCH3 is 1. The molecule has 0 spiro atoms. The summed E-state index contributed by atoms with van der Waals surface area (Å²) in [5.41, 5.74) is 1.02. The Kier molecular flexibility index (Phi) is 5.26. The molecule has 1 heterocycles. The van der Waals surface area contributed by atoms with Gasteiger partial charge in [0.15, 0.2) is 0 Å². The van der Waals surface area contributed by atoms with Crippen molar-refractivity contribution in [3.05, 3.63) is 107 Å². The minimum Gasteiger partial charge on any atom is -0.496 e. The third-order valence-electron chi connectivity index (χ3n) is 4.85. The van der Waals surface area contributed by atoms with Crippen molar-refractivity contribution in [3.8, 4) is 5.75 Å². The molecule has 3 aromatic carbocycles. The lowest BCUT2D eigenvalue weighted by Gasteiger charge is -2.31. The third kappa shape index (κ3) is 3.55. The Hall–Kier alpha value is -3.25. The summed E-state index contributed by atoms with van der Waals surface area (Å²) >= 11 is 0. The van der Waals surface area contributed by atoms with Gasteiger partial charge in [-0.1, -0.05) is 72.8 Å². The lowest BCUT2D eigenvalue weighted by atomic mass is 10.0. The Morgan fingerprint density at radius 2 is 1.47 bits per heavy atom. The average Bonchev–Trinajstić information content (AvgIpc) is 3.15. The maximum absolute atomic E-state index is 14.5. The first-order valence-electron chi connectivity index (χ1n) is 9.33. The van der Waals surface area contributed by atoms with E-state index in [1.54, 1.807) is 66.7 Å². The van der Waals surface area contributed by atoms with Gasteiger partial charge in [-0.3, -0.25) is 0 Å². The Morgan fingerprint density at radius 3 is 2.10 bits per heavy atom. The molecular formula is C24H19F3O3. The van der Waals surface area contributed by atoms with Crippen LogP contribution < -0.4 is 4.74 Å². The molecule has 1 saturated heterocycles. The van der Waals surface area contributed by atoms with Gasteiger partial charge in [-0.2, -0.15) is 13.2 Å². The first-order chi connectivity index (χ1) is 14.4. The van der Waals surface area contributed by atoms with Gasteiger partial charge in [0.25, 0.3) is 0 Å². The van der Waals surface area contributed by atoms with Crippen molar-refractivity contribution in [2.45, 2.75) is 18.1 Å². The molecule has 0 bridgehead atoms. The van der Waals surface area contributed by atoms with Gasteiger partial charge in [-0.15, -0.1) is 0 Å². The Labute approximate surface area is 172 Å². The van der Waals surface area contributed by atoms with E-state index in [4.69, 9.17) is 14.2 Å². The molecule has 0 aliphatic carbocycles. The molecule has 3 nitrogen and oxygen atoms in total. The average molecular weight is 412 g/mol. The minimum absolute atomic E-state index is 0.0302. The van der Waals surface area contributed by atoms with Crippen LogP contribution in [0, 0.1) is 0 Å². The fourth-order valence-corrected chi connectivity index (χ4v) is 3.46. The Balaban J connectivity index is 1.90. The minimum atomic E-state index is -4.86. The van der Waals surface area contributed by atoms with Crippen molar-refractivity contribution in [3.63, 3.8) is 0 Å². The van der Waals surface area contributed by atoms with Crippen molar-refractivity contribution < 1.29 is 27.4 Å². The fraction of sp³-hybridized carbons (Fsp3) is 0.167. The van der Waals surface area contributed by atoms with Crippen LogP contribution in [-0.2, 0) is 15.3 Å². The molecule has 2 atom stereocenters. The molecule has 6 heteroatoms. The SMILES string of the molecule is COc1ccccc1C1(C(F)(F)F)O/C(=C\c2ccccc2)C(c2ccccc2)O1. The first kappa shape index (κ1) is 20.0. The van der Waals surface area contributed by atoms with Gasteiger partial charge in [-0.25, -0.2) is 0 Å². The van der Waals surface area contributed by atoms with E-state index < -0.39 is 18.1 Å². The summed E-state index contributed by atoms with van der Waals surface area (Å²) in [5, 5.41) is 0. The molecule has 0 aromatic heterocycles. The number of hydrogen-bond donors (Lipinski definition) is 0. The molecule has 0 amide bonds. The van der Waals surface area contributed by atoms with Crippen LogP contribution in [0.25, 0.3) is 6.08 Å². The van der Waals surface area contributed by atoms with E-state index in [1.807, 2.05) is 6.07 Å². The molecule has 1 fully saturated rings. The maximum Gasteiger partial charge on any atom is 0.460 e. The zero-order valence-corrected chi connectivity index (χ0v) is 16.1. The summed E-state index contributed by atoms with van der Waals surface area (Å²) in [6, 6.07) is 23.6. The molecule has 4 rings (SSSR count). The highest BCUT2D eigenvalue weighted by atomic mass is 19.4. The monoisotopic (exact) mass is 412 g/mol. The maximum atomic E-state index is 14.5. The molecule has 0 N–H and O–H groups in total. The second-order valence-corrected chi connectivity index (χ2v) is 6.78. The third-order valence-corrected chi connectivity index (χ3v) is 4.85. The highest BCUT2D eigenvalue weighted by Gasteiger charge is 2.67. The second kappa shape index (κ2) is 7.88. The highest BCUT2D eigenvalue weighted by molar-refractivity contribution is 5.54. The fourth-order valence-electron chi connectivity index (χ4n) is 3.46. The predicted octanol–water partition coefficient (Wildman–Crippen LogP) is 6.24. The number of alkyl halides is 3. The first-order valence-corrected chi connectivity index (χ1v) is 9.33. The molecule has 2 unspecified atom stereocenters. The predicted molar refractivity (Wildman–Crippen MR) is 106 cm³/mol. The summed E-state index contributed by atoms with van der Waals surface area (Å²) in [5.74, 6) is -2.90. The van der Waals surface area contributed by atoms with Gasteiger partial charge in [0.05, 0.1) is 12.7 Å². The zero-order chi connectivity index (χ0) is 21.2. The van der Waals surface area contributed by atoms with Gasteiger partial charge in [0, 0.05) is 0 Å². The molecule has 0 radical (unpaired) electrons. The van der Waals surface area contributed by atoms with Crippen LogP contribution in [0.1, 0.15) is 22.8 Å². The van der Waals surface area contributed by atoms with Crippen LogP contribution in [-0.4, -0.2) is 13.3 Å². The summed E-state index contributed by atoms with van der Waals surface area (Å²) < 4.78 is 60.0. The van der Waals surface area contributed by atoms with Crippen molar-refractivity contribution in [1.29, 1.82) is 0 Å². The zero-order valence-electron chi connectivity index (χ0n) is 16.1. The van der Waals surface area contributed by atoms with Gasteiger partial charge < -0.3 is 14.2 Å². The van der Waals surface area contributed by atoms with Crippen LogP contribution in [0.15, 0.2) is 90.7 Å². The van der Waals surface area contributed by atoms with Gasteiger partial charge in [0.2, 0.25) is 0 Å². The van der Waals surface area contributed by atoms with E-state index in [2.05, 4.69) is 0 Å². The van der Waals surface area contributed by atoms with Crippen LogP contribution in [0.3, 0.4) is 0 Å². The number of rotatable bonds is 4. The molecule has 154 valence electrons. The van der Waals surface area contributed by atoms with Crippen LogP contribution in [0.5, 0.6) is 5.75 Å². The Morgan fingerprint density at radius 1 is 0.867 bits per heavy atom. The molecule has 1 aliphatic heterocycles. The largest absolute Gasteiger partial charge is 0.496 e. The van der Waals surface area contributed by atoms with E-state index in [0.717, 1.165) is 0 Å². The van der Waals surface area contributed by atoms with Crippen molar-refractivity contribution in [2.24, 2.45) is 0 Å². The van der Waals surface area contributed by atoms with Gasteiger partial charge >= 0.3 is 12.0 Å². The van der Waals surface area contributed by atoms with Gasteiger partial charge in [0.1, 0.15) is 17.6 Å². The molecule has 0 saturated carbocycles. The topological polar surface area (TPSA) is 27.7 Å². The lowest BCUT2D eigenvalue weighted by Crippen LogP contribution is -2.43. The standard InChI is InChI=1S/C24H19F3O3/c1-28-20-15-9-8-14-19(20)23(24(25,26)27)29-21(16-17-10-4-2-5-11-17)22(30-23)18-12-6-3-7-13-18/h2-16,22H,1H3/b21-16-. The Bertz CT molecular complexity index is 1030.